The minimum absolute atomic E-state index is 0.259. The Morgan fingerprint density at radius 2 is 1.93 bits per heavy atom. The molecule has 1 aliphatic rings. The zero-order valence-electron chi connectivity index (χ0n) is 10.3. The molecule has 0 bridgehead atoms. The molecule has 1 fully saturated rings. The average molecular weight is 198 g/mol. The van der Waals surface area contributed by atoms with Gasteiger partial charge in [0.25, 0.3) is 0 Å². The summed E-state index contributed by atoms with van der Waals surface area (Å²) in [5.74, 6) is 0. The lowest BCUT2D eigenvalue weighted by Gasteiger charge is -2.46. The van der Waals surface area contributed by atoms with Gasteiger partial charge in [0.15, 0.2) is 0 Å². The van der Waals surface area contributed by atoms with Gasteiger partial charge in [0.2, 0.25) is 0 Å². The molecule has 0 aliphatic carbocycles. The first-order chi connectivity index (χ1) is 6.37. The first-order valence-corrected chi connectivity index (χ1v) is 5.82. The van der Waals surface area contributed by atoms with E-state index in [1.165, 1.54) is 25.8 Å². The Morgan fingerprint density at radius 3 is 2.43 bits per heavy atom. The zero-order valence-corrected chi connectivity index (χ0v) is 10.3. The number of piperidine rings is 1. The summed E-state index contributed by atoms with van der Waals surface area (Å²) in [6, 6.07) is 0. The third-order valence-corrected chi connectivity index (χ3v) is 3.49. The lowest BCUT2D eigenvalue weighted by Crippen LogP contribution is -2.52. The van der Waals surface area contributed by atoms with Crippen molar-refractivity contribution in [2.45, 2.75) is 52.5 Å². The van der Waals surface area contributed by atoms with Crippen molar-refractivity contribution in [3.8, 4) is 0 Å². The van der Waals surface area contributed by atoms with Crippen LogP contribution in [0.25, 0.3) is 0 Å². The molecule has 2 N–H and O–H groups in total. The van der Waals surface area contributed by atoms with Crippen molar-refractivity contribution in [2.24, 2.45) is 11.1 Å². The summed E-state index contributed by atoms with van der Waals surface area (Å²) in [6.45, 7) is 12.4. The molecule has 1 aliphatic heterocycles. The van der Waals surface area contributed by atoms with E-state index in [0.717, 1.165) is 13.1 Å². The largest absolute Gasteiger partial charge is 0.330 e. The fourth-order valence-electron chi connectivity index (χ4n) is 2.20. The molecule has 0 amide bonds. The van der Waals surface area contributed by atoms with Crippen molar-refractivity contribution in [3.05, 3.63) is 0 Å². The van der Waals surface area contributed by atoms with Gasteiger partial charge in [-0.15, -0.1) is 0 Å². The summed E-state index contributed by atoms with van der Waals surface area (Å²) in [6.07, 6.45) is 4.06. The fourth-order valence-corrected chi connectivity index (χ4v) is 2.20. The Hall–Kier alpha value is -0.0800. The van der Waals surface area contributed by atoms with Gasteiger partial charge in [0.05, 0.1) is 0 Å². The molecule has 2 nitrogen and oxygen atoms in total. The molecule has 84 valence electrons. The summed E-state index contributed by atoms with van der Waals surface area (Å²) in [4.78, 5) is 2.61. The topological polar surface area (TPSA) is 29.3 Å². The highest BCUT2D eigenvalue weighted by molar-refractivity contribution is 4.88. The van der Waals surface area contributed by atoms with Crippen LogP contribution >= 0.6 is 0 Å². The van der Waals surface area contributed by atoms with E-state index in [4.69, 9.17) is 5.73 Å². The number of rotatable bonds is 3. The average Bonchev–Trinajstić information content (AvgIpc) is 2.09. The van der Waals surface area contributed by atoms with Crippen LogP contribution < -0.4 is 5.73 Å². The van der Waals surface area contributed by atoms with E-state index < -0.39 is 0 Å². The molecule has 1 saturated heterocycles. The predicted molar refractivity (Wildman–Crippen MR) is 62.3 cm³/mol. The van der Waals surface area contributed by atoms with Gasteiger partial charge >= 0.3 is 0 Å². The molecule has 0 atom stereocenters. The SMILES string of the molecule is CC(C)(CN)CN1CCCCC1(C)C. The second kappa shape index (κ2) is 4.19. The van der Waals surface area contributed by atoms with Crippen molar-refractivity contribution in [1.82, 2.24) is 4.90 Å². The molecule has 2 heteroatoms. The number of nitrogens with two attached hydrogens (primary N) is 1. The quantitative estimate of drug-likeness (QED) is 0.753. The van der Waals surface area contributed by atoms with Crippen molar-refractivity contribution < 1.29 is 0 Å². The van der Waals surface area contributed by atoms with Gasteiger partial charge in [-0.2, -0.15) is 0 Å². The monoisotopic (exact) mass is 198 g/mol. The van der Waals surface area contributed by atoms with Gasteiger partial charge < -0.3 is 5.73 Å². The maximum atomic E-state index is 5.79. The minimum atomic E-state index is 0.259. The Morgan fingerprint density at radius 1 is 1.29 bits per heavy atom. The highest BCUT2D eigenvalue weighted by Gasteiger charge is 2.32. The van der Waals surface area contributed by atoms with E-state index in [9.17, 15) is 0 Å². The molecule has 1 rings (SSSR count). The molecule has 0 radical (unpaired) electrons. The lowest BCUT2D eigenvalue weighted by atomic mass is 9.85. The summed E-state index contributed by atoms with van der Waals surface area (Å²) in [5.41, 5.74) is 6.42. The smallest absolute Gasteiger partial charge is 0.0153 e. The fraction of sp³-hybridized carbons (Fsp3) is 1.00. The maximum absolute atomic E-state index is 5.79. The third kappa shape index (κ3) is 2.96. The maximum Gasteiger partial charge on any atom is 0.0153 e. The molecule has 14 heavy (non-hydrogen) atoms. The molecule has 0 aromatic carbocycles. The second-order valence-corrected chi connectivity index (χ2v) is 6.06. The van der Waals surface area contributed by atoms with Gasteiger partial charge in [0.1, 0.15) is 0 Å². The number of hydrogen-bond acceptors (Lipinski definition) is 2. The van der Waals surface area contributed by atoms with Crippen LogP contribution in [0.3, 0.4) is 0 Å². The van der Waals surface area contributed by atoms with Gasteiger partial charge in [-0.1, -0.05) is 20.3 Å². The van der Waals surface area contributed by atoms with Crippen LogP contribution in [0.1, 0.15) is 47.0 Å². The van der Waals surface area contributed by atoms with E-state index in [1.807, 2.05) is 0 Å². The predicted octanol–water partition coefficient (Wildman–Crippen LogP) is 2.24. The van der Waals surface area contributed by atoms with Crippen molar-refractivity contribution in [2.75, 3.05) is 19.6 Å². The van der Waals surface area contributed by atoms with Gasteiger partial charge in [-0.3, -0.25) is 4.90 Å². The number of nitrogens with zero attached hydrogens (tertiary/aromatic N) is 1. The second-order valence-electron chi connectivity index (χ2n) is 6.06. The van der Waals surface area contributed by atoms with Crippen LogP contribution in [0.4, 0.5) is 0 Å². The van der Waals surface area contributed by atoms with Crippen LogP contribution in [0.15, 0.2) is 0 Å². The first-order valence-electron chi connectivity index (χ1n) is 5.82. The van der Waals surface area contributed by atoms with Gasteiger partial charge in [-0.25, -0.2) is 0 Å². The van der Waals surface area contributed by atoms with Gasteiger partial charge in [0, 0.05) is 12.1 Å². The molecule has 0 saturated carbocycles. The highest BCUT2D eigenvalue weighted by Crippen LogP contribution is 2.30. The lowest BCUT2D eigenvalue weighted by molar-refractivity contribution is 0.0422. The van der Waals surface area contributed by atoms with E-state index in [0.29, 0.717) is 5.54 Å². The molecular weight excluding hydrogens is 172 g/mol. The minimum Gasteiger partial charge on any atom is -0.330 e. The molecule has 0 spiro atoms. The molecule has 0 aromatic heterocycles. The van der Waals surface area contributed by atoms with Gasteiger partial charge in [-0.05, 0) is 45.2 Å². The summed E-state index contributed by atoms with van der Waals surface area (Å²) in [7, 11) is 0. The molecule has 0 unspecified atom stereocenters. The first kappa shape index (κ1) is 12.0. The summed E-state index contributed by atoms with van der Waals surface area (Å²) in [5, 5.41) is 0. The normalized spacial score (nSPS) is 23.8. The van der Waals surface area contributed by atoms with E-state index in [1.54, 1.807) is 0 Å². The Bertz CT molecular complexity index is 185. The van der Waals surface area contributed by atoms with Crippen molar-refractivity contribution in [3.63, 3.8) is 0 Å². The molecule has 1 heterocycles. The van der Waals surface area contributed by atoms with Crippen LogP contribution in [-0.2, 0) is 0 Å². The van der Waals surface area contributed by atoms with Crippen molar-refractivity contribution in [1.29, 1.82) is 0 Å². The Kier molecular flexibility index (Phi) is 3.59. The van der Waals surface area contributed by atoms with Crippen LogP contribution in [0, 0.1) is 5.41 Å². The van der Waals surface area contributed by atoms with E-state index in [2.05, 4.69) is 32.6 Å². The van der Waals surface area contributed by atoms with E-state index in [-0.39, 0.29) is 5.41 Å². The van der Waals surface area contributed by atoms with Crippen LogP contribution in [0.2, 0.25) is 0 Å². The highest BCUT2D eigenvalue weighted by atomic mass is 15.2. The molecule has 0 aromatic rings. The standard InChI is InChI=1S/C12H26N2/c1-11(2,9-13)10-14-8-6-5-7-12(14,3)4/h5-10,13H2,1-4H3. The van der Waals surface area contributed by atoms with Crippen molar-refractivity contribution >= 4 is 0 Å². The summed E-state index contributed by atoms with van der Waals surface area (Å²) >= 11 is 0. The zero-order chi connectivity index (χ0) is 10.8. The summed E-state index contributed by atoms with van der Waals surface area (Å²) < 4.78 is 0. The van der Waals surface area contributed by atoms with Crippen LogP contribution in [-0.4, -0.2) is 30.1 Å². The van der Waals surface area contributed by atoms with Crippen LogP contribution in [0.5, 0.6) is 0 Å². The van der Waals surface area contributed by atoms with E-state index >= 15 is 0 Å². The Balaban J connectivity index is 2.58. The number of likely N-dealkylation sites (tertiary alicyclic amines) is 1. The Labute approximate surface area is 88.8 Å². The number of hydrogen-bond donors (Lipinski definition) is 1. The molecular formula is C12H26N2. The third-order valence-electron chi connectivity index (χ3n) is 3.49.